The van der Waals surface area contributed by atoms with Crippen molar-refractivity contribution >= 4 is 33.7 Å². The number of nitrogens with two attached hydrogens (primary N) is 1. The molecule has 1 saturated carbocycles. The molecular formula is C26H29N7O2S. The Hall–Kier alpha value is -3.34. The third-order valence-corrected chi connectivity index (χ3v) is 8.23. The van der Waals surface area contributed by atoms with Gasteiger partial charge in [-0.15, -0.1) is 11.3 Å². The van der Waals surface area contributed by atoms with E-state index in [0.717, 1.165) is 73.5 Å². The number of hydrogen-bond donors (Lipinski definition) is 3. The number of hydrogen-bond acceptors (Lipinski definition) is 8. The molecule has 0 spiro atoms. The minimum absolute atomic E-state index is 0.180. The Balaban J connectivity index is 1.22. The molecule has 0 radical (unpaired) electrons. The standard InChI is InChI=1S/C26H29N7O2S/c1-32-11-10-19-22(14-32)36-26(30-19)31-25(35)17-4-2-15(3-5-17)20-13-33-21(23(27)29-20)12-28-24(33)16-6-8-18(34)9-7-16/h2-5,12-13,16,18,34H,6-11,14H2,1H3,(H2,27,29)(H,30,31,35). The van der Waals surface area contributed by atoms with Crippen molar-refractivity contribution in [1.29, 1.82) is 0 Å². The van der Waals surface area contributed by atoms with Crippen LogP contribution in [0.15, 0.2) is 36.7 Å². The molecule has 0 bridgehead atoms. The Bertz CT molecular complexity index is 1420. The molecule has 3 aromatic heterocycles. The van der Waals surface area contributed by atoms with E-state index in [2.05, 4.69) is 32.2 Å². The molecule has 1 aliphatic heterocycles. The van der Waals surface area contributed by atoms with E-state index in [0.29, 0.717) is 16.5 Å². The predicted molar refractivity (Wildman–Crippen MR) is 140 cm³/mol. The molecule has 0 unspecified atom stereocenters. The third kappa shape index (κ3) is 4.36. The predicted octanol–water partition coefficient (Wildman–Crippen LogP) is 3.69. The number of rotatable bonds is 4. The van der Waals surface area contributed by atoms with Crippen LogP contribution in [-0.4, -0.2) is 55.0 Å². The SMILES string of the molecule is CN1CCc2nc(NC(=O)c3ccc(-c4cn5c(C6CCC(O)CC6)ncc5c(N)n4)cc3)sc2C1. The van der Waals surface area contributed by atoms with Gasteiger partial charge in [0.1, 0.15) is 17.2 Å². The van der Waals surface area contributed by atoms with Crippen LogP contribution in [0.5, 0.6) is 0 Å². The maximum absolute atomic E-state index is 12.9. The molecule has 1 aliphatic carbocycles. The normalized spacial score (nSPS) is 20.4. The lowest BCUT2D eigenvalue weighted by molar-refractivity contribution is 0.102. The molecule has 1 fully saturated rings. The zero-order chi connectivity index (χ0) is 24.8. The summed E-state index contributed by atoms with van der Waals surface area (Å²) in [7, 11) is 2.09. The molecule has 10 heteroatoms. The van der Waals surface area contributed by atoms with Crippen LogP contribution in [0, 0.1) is 0 Å². The molecule has 1 amide bonds. The van der Waals surface area contributed by atoms with Gasteiger partial charge in [0.15, 0.2) is 5.13 Å². The first kappa shape index (κ1) is 23.1. The van der Waals surface area contributed by atoms with Gasteiger partial charge in [0, 0.05) is 47.6 Å². The zero-order valence-corrected chi connectivity index (χ0v) is 21.0. The number of benzene rings is 1. The minimum atomic E-state index is -0.215. The molecule has 9 nitrogen and oxygen atoms in total. The fourth-order valence-electron chi connectivity index (χ4n) is 5.15. The molecule has 6 rings (SSSR count). The van der Waals surface area contributed by atoms with Gasteiger partial charge in [-0.2, -0.15) is 0 Å². The number of carbonyl (C=O) groups is 1. The number of nitrogens with one attached hydrogen (secondary N) is 1. The Morgan fingerprint density at radius 1 is 1.17 bits per heavy atom. The van der Waals surface area contributed by atoms with Crippen molar-refractivity contribution in [2.24, 2.45) is 0 Å². The van der Waals surface area contributed by atoms with Gasteiger partial charge in [-0.05, 0) is 44.9 Å². The van der Waals surface area contributed by atoms with E-state index in [-0.39, 0.29) is 17.9 Å². The number of likely N-dealkylation sites (N-methyl/N-ethyl adjacent to an activating group) is 1. The number of carbonyl (C=O) groups excluding carboxylic acids is 1. The Morgan fingerprint density at radius 2 is 1.94 bits per heavy atom. The van der Waals surface area contributed by atoms with Crippen LogP contribution in [-0.2, 0) is 13.0 Å². The lowest BCUT2D eigenvalue weighted by Crippen LogP contribution is -2.25. The van der Waals surface area contributed by atoms with Gasteiger partial charge in [-0.25, -0.2) is 15.0 Å². The van der Waals surface area contributed by atoms with Crippen LogP contribution < -0.4 is 11.1 Å². The molecule has 2 aliphatic rings. The van der Waals surface area contributed by atoms with Gasteiger partial charge in [-0.1, -0.05) is 12.1 Å². The van der Waals surface area contributed by atoms with E-state index >= 15 is 0 Å². The second kappa shape index (κ2) is 9.27. The summed E-state index contributed by atoms with van der Waals surface area (Å²) in [6, 6.07) is 7.37. The summed E-state index contributed by atoms with van der Waals surface area (Å²) in [6.45, 7) is 1.86. The largest absolute Gasteiger partial charge is 0.393 e. The van der Waals surface area contributed by atoms with Gasteiger partial charge in [0.2, 0.25) is 0 Å². The van der Waals surface area contributed by atoms with Crippen LogP contribution >= 0.6 is 11.3 Å². The number of aliphatic hydroxyl groups is 1. The molecule has 36 heavy (non-hydrogen) atoms. The summed E-state index contributed by atoms with van der Waals surface area (Å²) >= 11 is 1.55. The molecule has 186 valence electrons. The number of amides is 1. The van der Waals surface area contributed by atoms with Crippen molar-refractivity contribution in [3.05, 3.63) is 58.6 Å². The van der Waals surface area contributed by atoms with Crippen molar-refractivity contribution in [2.75, 3.05) is 24.6 Å². The fraction of sp³-hybridized carbons (Fsp3) is 0.385. The number of nitrogen functional groups attached to an aromatic ring is 1. The topological polar surface area (TPSA) is 122 Å². The highest BCUT2D eigenvalue weighted by molar-refractivity contribution is 7.15. The highest BCUT2D eigenvalue weighted by atomic mass is 32.1. The molecule has 4 heterocycles. The average Bonchev–Trinajstić information content (AvgIpc) is 3.48. The Morgan fingerprint density at radius 3 is 2.72 bits per heavy atom. The van der Waals surface area contributed by atoms with Crippen LogP contribution in [0.3, 0.4) is 0 Å². The van der Waals surface area contributed by atoms with Crippen molar-refractivity contribution in [1.82, 2.24) is 24.3 Å². The summed E-state index contributed by atoms with van der Waals surface area (Å²) in [5.41, 5.74) is 10.3. The summed E-state index contributed by atoms with van der Waals surface area (Å²) in [5.74, 6) is 1.48. The van der Waals surface area contributed by atoms with Crippen LogP contribution in [0.1, 0.15) is 58.4 Å². The maximum Gasteiger partial charge on any atom is 0.257 e. The van der Waals surface area contributed by atoms with Gasteiger partial charge < -0.3 is 15.7 Å². The van der Waals surface area contributed by atoms with E-state index in [1.165, 1.54) is 4.88 Å². The first-order chi connectivity index (χ1) is 17.4. The molecule has 0 saturated heterocycles. The lowest BCUT2D eigenvalue weighted by atomic mass is 9.87. The Labute approximate surface area is 213 Å². The van der Waals surface area contributed by atoms with Crippen molar-refractivity contribution in [3.8, 4) is 11.3 Å². The van der Waals surface area contributed by atoms with Gasteiger partial charge in [0.25, 0.3) is 5.91 Å². The number of aromatic nitrogens is 4. The molecule has 1 aromatic carbocycles. The van der Waals surface area contributed by atoms with E-state index in [1.54, 1.807) is 29.7 Å². The monoisotopic (exact) mass is 503 g/mol. The van der Waals surface area contributed by atoms with E-state index < -0.39 is 0 Å². The molecule has 0 atom stereocenters. The fourth-order valence-corrected chi connectivity index (χ4v) is 6.24. The Kier molecular flexibility index (Phi) is 5.94. The van der Waals surface area contributed by atoms with Crippen LogP contribution in [0.4, 0.5) is 10.9 Å². The maximum atomic E-state index is 12.9. The van der Waals surface area contributed by atoms with E-state index in [4.69, 9.17) is 5.73 Å². The minimum Gasteiger partial charge on any atom is -0.393 e. The summed E-state index contributed by atoms with van der Waals surface area (Å²) in [6.07, 6.45) is 7.82. The molecule has 4 N–H and O–H groups in total. The van der Waals surface area contributed by atoms with Gasteiger partial charge >= 0.3 is 0 Å². The number of nitrogens with zero attached hydrogens (tertiary/aromatic N) is 5. The highest BCUT2D eigenvalue weighted by Gasteiger charge is 2.25. The first-order valence-electron chi connectivity index (χ1n) is 12.3. The number of imidazole rings is 1. The summed E-state index contributed by atoms with van der Waals surface area (Å²) in [5, 5.41) is 13.5. The quantitative estimate of drug-likeness (QED) is 0.388. The number of fused-ring (bicyclic) bond motifs is 2. The first-order valence-corrected chi connectivity index (χ1v) is 13.2. The molecular weight excluding hydrogens is 474 g/mol. The van der Waals surface area contributed by atoms with Crippen LogP contribution in [0.25, 0.3) is 16.8 Å². The zero-order valence-electron chi connectivity index (χ0n) is 20.1. The number of thiazole rings is 1. The lowest BCUT2D eigenvalue weighted by Gasteiger charge is -2.24. The summed E-state index contributed by atoms with van der Waals surface area (Å²) in [4.78, 5) is 30.2. The van der Waals surface area contributed by atoms with E-state index in [1.807, 2.05) is 22.7 Å². The van der Waals surface area contributed by atoms with Gasteiger partial charge in [0.05, 0.1) is 23.7 Å². The smallest absolute Gasteiger partial charge is 0.257 e. The van der Waals surface area contributed by atoms with E-state index in [9.17, 15) is 9.90 Å². The second-order valence-electron chi connectivity index (χ2n) is 9.80. The van der Waals surface area contributed by atoms with Crippen molar-refractivity contribution in [2.45, 2.75) is 50.7 Å². The third-order valence-electron chi connectivity index (χ3n) is 7.23. The summed E-state index contributed by atoms with van der Waals surface area (Å²) < 4.78 is 2.03. The highest BCUT2D eigenvalue weighted by Crippen LogP contribution is 2.34. The van der Waals surface area contributed by atoms with Crippen molar-refractivity contribution in [3.63, 3.8) is 0 Å². The number of anilines is 2. The molecule has 4 aromatic rings. The van der Waals surface area contributed by atoms with Gasteiger partial charge in [-0.3, -0.25) is 14.5 Å². The van der Waals surface area contributed by atoms with Crippen molar-refractivity contribution < 1.29 is 9.90 Å². The van der Waals surface area contributed by atoms with Crippen LogP contribution in [0.2, 0.25) is 0 Å². The number of aliphatic hydroxyl groups excluding tert-OH is 1. The average molecular weight is 504 g/mol. The second-order valence-corrected chi connectivity index (χ2v) is 10.9.